The Morgan fingerprint density at radius 3 is 2.26 bits per heavy atom. The van der Waals surface area contributed by atoms with Crippen LogP contribution in [-0.2, 0) is 9.47 Å². The van der Waals surface area contributed by atoms with Crippen molar-refractivity contribution in [3.8, 4) is 0 Å². The van der Waals surface area contributed by atoms with Crippen LogP contribution in [-0.4, -0.2) is 25.2 Å². The molecule has 0 N–H and O–H groups in total. The van der Waals surface area contributed by atoms with Gasteiger partial charge in [-0.3, -0.25) is 0 Å². The first kappa shape index (κ1) is 20.0. The van der Waals surface area contributed by atoms with Crippen LogP contribution in [0.4, 0.5) is 0 Å². The quantitative estimate of drug-likeness (QED) is 0.478. The van der Waals surface area contributed by atoms with Gasteiger partial charge in [0, 0.05) is 4.47 Å². The number of carbonyl (C=O) groups is 2. The van der Waals surface area contributed by atoms with Crippen molar-refractivity contribution < 1.29 is 19.1 Å². The summed E-state index contributed by atoms with van der Waals surface area (Å²) >= 11 is 9.30. The summed E-state index contributed by atoms with van der Waals surface area (Å²) in [5.41, 5.74) is 0.0985. The number of ether oxygens (including phenoxy) is 2. The first-order chi connectivity index (χ1) is 10.7. The molecule has 0 amide bonds. The molecule has 6 heteroatoms. The van der Waals surface area contributed by atoms with Crippen molar-refractivity contribution in [2.24, 2.45) is 5.41 Å². The molecule has 0 bridgehead atoms. The molecule has 1 rings (SSSR count). The second-order valence-corrected chi connectivity index (χ2v) is 7.70. The normalized spacial score (nSPS) is 11.2. The summed E-state index contributed by atoms with van der Waals surface area (Å²) in [4.78, 5) is 24.5. The Bertz CT molecular complexity index is 579. The van der Waals surface area contributed by atoms with Crippen LogP contribution in [0.25, 0.3) is 0 Å². The largest absolute Gasteiger partial charge is 0.462 e. The molecule has 0 aliphatic carbocycles. The number of halogens is 2. The van der Waals surface area contributed by atoms with Gasteiger partial charge >= 0.3 is 11.9 Å². The highest BCUT2D eigenvalue weighted by Crippen LogP contribution is 2.28. The van der Waals surface area contributed by atoms with E-state index in [-0.39, 0.29) is 23.1 Å². The molecule has 0 aromatic heterocycles. The molecular formula is C17H22BrClO4. The van der Waals surface area contributed by atoms with Crippen molar-refractivity contribution >= 4 is 39.5 Å². The highest BCUT2D eigenvalue weighted by Gasteiger charge is 2.23. The van der Waals surface area contributed by atoms with Gasteiger partial charge in [0.15, 0.2) is 0 Å². The molecule has 1 aromatic rings. The van der Waals surface area contributed by atoms with Crippen LogP contribution in [0.3, 0.4) is 0 Å². The third-order valence-electron chi connectivity index (χ3n) is 2.87. The van der Waals surface area contributed by atoms with Gasteiger partial charge in [-0.1, -0.05) is 45.7 Å². The highest BCUT2D eigenvalue weighted by molar-refractivity contribution is 9.10. The lowest BCUT2D eigenvalue weighted by Gasteiger charge is -2.18. The van der Waals surface area contributed by atoms with E-state index in [1.165, 1.54) is 12.1 Å². The maximum atomic E-state index is 12.3. The molecule has 0 spiro atoms. The van der Waals surface area contributed by atoms with Crippen LogP contribution in [0.2, 0.25) is 5.02 Å². The van der Waals surface area contributed by atoms with Crippen molar-refractivity contribution in [3.63, 3.8) is 0 Å². The lowest BCUT2D eigenvalue weighted by molar-refractivity contribution is 0.0352. The van der Waals surface area contributed by atoms with E-state index in [9.17, 15) is 9.59 Å². The molecule has 0 heterocycles. The van der Waals surface area contributed by atoms with E-state index in [1.807, 2.05) is 27.7 Å². The molecule has 4 nitrogen and oxygen atoms in total. The second kappa shape index (κ2) is 8.69. The summed E-state index contributed by atoms with van der Waals surface area (Å²) in [6.07, 6.45) is 1.68. The van der Waals surface area contributed by atoms with Gasteiger partial charge in [0.1, 0.15) is 0 Å². The molecule has 1 aromatic carbocycles. The van der Waals surface area contributed by atoms with Gasteiger partial charge in [-0.25, -0.2) is 9.59 Å². The molecule has 0 atom stereocenters. The molecule has 0 aliphatic rings. The Balaban J connectivity index is 3.02. The van der Waals surface area contributed by atoms with Crippen LogP contribution in [0.5, 0.6) is 0 Å². The van der Waals surface area contributed by atoms with Crippen LogP contribution < -0.4 is 0 Å². The topological polar surface area (TPSA) is 52.6 Å². The van der Waals surface area contributed by atoms with E-state index in [0.29, 0.717) is 16.1 Å². The van der Waals surface area contributed by atoms with Gasteiger partial charge in [0.2, 0.25) is 0 Å². The smallest absolute Gasteiger partial charge is 0.339 e. The predicted octanol–water partition coefficient (Wildman–Crippen LogP) is 5.26. The average Bonchev–Trinajstić information content (AvgIpc) is 2.46. The summed E-state index contributed by atoms with van der Waals surface area (Å²) in [7, 11) is 0. The Kier molecular flexibility index (Phi) is 7.55. The minimum absolute atomic E-state index is 0.119. The summed E-state index contributed by atoms with van der Waals surface area (Å²) in [5.74, 6) is -1.14. The monoisotopic (exact) mass is 404 g/mol. The summed E-state index contributed by atoms with van der Waals surface area (Å²) in [6.45, 7) is 8.42. The second-order valence-electron chi connectivity index (χ2n) is 6.44. The molecule has 0 saturated heterocycles. The average molecular weight is 406 g/mol. The van der Waals surface area contributed by atoms with Crippen LogP contribution >= 0.6 is 27.5 Å². The number of esters is 2. The molecule has 0 saturated carbocycles. The highest BCUT2D eigenvalue weighted by atomic mass is 79.9. The fraction of sp³-hybridized carbons (Fsp3) is 0.529. The number of hydrogen-bond donors (Lipinski definition) is 0. The lowest BCUT2D eigenvalue weighted by atomic mass is 9.98. The van der Waals surface area contributed by atoms with E-state index in [1.54, 1.807) is 0 Å². The number of carbonyl (C=O) groups excluding carboxylic acids is 2. The standard InChI is InChI=1S/C17H22BrClO4/c1-5-6-7-22-15(20)12-9-14(19)13(18)8-11(12)16(21)23-10-17(2,3)4/h8-9H,5-7,10H2,1-4H3. The van der Waals surface area contributed by atoms with Crippen molar-refractivity contribution in [3.05, 3.63) is 32.8 Å². The maximum Gasteiger partial charge on any atom is 0.339 e. The van der Waals surface area contributed by atoms with E-state index in [4.69, 9.17) is 21.1 Å². The fourth-order valence-electron chi connectivity index (χ4n) is 1.63. The van der Waals surface area contributed by atoms with Crippen LogP contribution in [0.1, 0.15) is 61.3 Å². The van der Waals surface area contributed by atoms with Gasteiger partial charge in [-0.2, -0.15) is 0 Å². The Morgan fingerprint density at radius 2 is 1.70 bits per heavy atom. The minimum atomic E-state index is -0.574. The molecule has 128 valence electrons. The van der Waals surface area contributed by atoms with Crippen LogP contribution in [0, 0.1) is 5.41 Å². The third-order valence-corrected chi connectivity index (χ3v) is 4.06. The zero-order valence-electron chi connectivity index (χ0n) is 13.9. The van der Waals surface area contributed by atoms with E-state index in [0.717, 1.165) is 12.8 Å². The zero-order chi connectivity index (χ0) is 17.6. The molecule has 0 radical (unpaired) electrons. The van der Waals surface area contributed by atoms with E-state index >= 15 is 0 Å². The van der Waals surface area contributed by atoms with Gasteiger partial charge in [0.25, 0.3) is 0 Å². The van der Waals surface area contributed by atoms with Gasteiger partial charge in [0.05, 0.1) is 29.4 Å². The first-order valence-corrected chi connectivity index (χ1v) is 8.66. The Hall–Kier alpha value is -1.07. The maximum absolute atomic E-state index is 12.3. The Morgan fingerprint density at radius 1 is 1.13 bits per heavy atom. The van der Waals surface area contributed by atoms with Crippen molar-refractivity contribution in [1.82, 2.24) is 0 Å². The lowest BCUT2D eigenvalue weighted by Crippen LogP contribution is -2.20. The summed E-state index contributed by atoms with van der Waals surface area (Å²) < 4.78 is 11.0. The van der Waals surface area contributed by atoms with Gasteiger partial charge < -0.3 is 9.47 Å². The molecule has 0 unspecified atom stereocenters. The molecular weight excluding hydrogens is 384 g/mol. The molecule has 0 fully saturated rings. The minimum Gasteiger partial charge on any atom is -0.462 e. The first-order valence-electron chi connectivity index (χ1n) is 7.49. The van der Waals surface area contributed by atoms with Crippen molar-refractivity contribution in [1.29, 1.82) is 0 Å². The van der Waals surface area contributed by atoms with Crippen molar-refractivity contribution in [2.45, 2.75) is 40.5 Å². The molecule has 0 aliphatic heterocycles. The number of rotatable bonds is 6. The van der Waals surface area contributed by atoms with Gasteiger partial charge in [-0.05, 0) is 39.9 Å². The van der Waals surface area contributed by atoms with Crippen molar-refractivity contribution in [2.75, 3.05) is 13.2 Å². The Labute approximate surface area is 150 Å². The third kappa shape index (κ3) is 6.51. The van der Waals surface area contributed by atoms with E-state index < -0.39 is 11.9 Å². The van der Waals surface area contributed by atoms with Gasteiger partial charge in [-0.15, -0.1) is 0 Å². The molecule has 23 heavy (non-hydrogen) atoms. The van der Waals surface area contributed by atoms with E-state index in [2.05, 4.69) is 15.9 Å². The zero-order valence-corrected chi connectivity index (χ0v) is 16.2. The number of benzene rings is 1. The summed E-state index contributed by atoms with van der Waals surface area (Å²) in [5, 5.41) is 0.333. The van der Waals surface area contributed by atoms with Crippen LogP contribution in [0.15, 0.2) is 16.6 Å². The number of hydrogen-bond acceptors (Lipinski definition) is 4. The number of unbranched alkanes of at least 4 members (excludes halogenated alkanes) is 1. The predicted molar refractivity (Wildman–Crippen MR) is 94.1 cm³/mol. The SMILES string of the molecule is CCCCOC(=O)c1cc(Cl)c(Br)cc1C(=O)OCC(C)(C)C. The fourth-order valence-corrected chi connectivity index (χ4v) is 2.14. The summed E-state index contributed by atoms with van der Waals surface area (Å²) in [6, 6.07) is 2.91.